The number of hydrogen-bond donors (Lipinski definition) is 1. The Kier molecular flexibility index (Phi) is 6.50. The number of fused-ring (bicyclic) bond motifs is 1. The van der Waals surface area contributed by atoms with Gasteiger partial charge in [-0.2, -0.15) is 0 Å². The molecule has 2 aromatic rings. The van der Waals surface area contributed by atoms with Gasteiger partial charge in [-0.15, -0.1) is 0 Å². The van der Waals surface area contributed by atoms with E-state index in [4.69, 9.17) is 4.74 Å². The van der Waals surface area contributed by atoms with Crippen molar-refractivity contribution in [2.45, 2.75) is 32.4 Å². The van der Waals surface area contributed by atoms with Crippen LogP contribution in [0.25, 0.3) is 0 Å². The Hall–Kier alpha value is -3.26. The van der Waals surface area contributed by atoms with E-state index < -0.39 is 0 Å². The van der Waals surface area contributed by atoms with E-state index in [1.165, 1.54) is 4.90 Å². The quantitative estimate of drug-likeness (QED) is 0.670. The van der Waals surface area contributed by atoms with Gasteiger partial charge in [0.15, 0.2) is 0 Å². The molecule has 8 nitrogen and oxygen atoms in total. The Bertz CT molecular complexity index is 1010. The summed E-state index contributed by atoms with van der Waals surface area (Å²) in [5.41, 5.74) is 2.35. The number of nitrogens with one attached hydrogen (secondary N) is 1. The van der Waals surface area contributed by atoms with Gasteiger partial charge in [0.2, 0.25) is 5.91 Å². The molecule has 2 unspecified atom stereocenters. The highest BCUT2D eigenvalue weighted by Gasteiger charge is 2.39. The molecule has 2 aliphatic rings. The number of ether oxygens (including phenoxy) is 1. The molecule has 3 heterocycles. The molecule has 0 spiro atoms. The summed E-state index contributed by atoms with van der Waals surface area (Å²) in [4.78, 5) is 46.4. The first-order chi connectivity index (χ1) is 15.5. The largest absolute Gasteiger partial charge is 0.383 e. The SMILES string of the molecule is COCC(C)NC(=O)C1CCCN(c2cccc3c2C(=O)N(Cc2cccnc2)C3=O)C1. The van der Waals surface area contributed by atoms with Crippen molar-refractivity contribution >= 4 is 23.4 Å². The summed E-state index contributed by atoms with van der Waals surface area (Å²) < 4.78 is 5.10. The third kappa shape index (κ3) is 4.36. The lowest BCUT2D eigenvalue weighted by molar-refractivity contribution is -0.126. The lowest BCUT2D eigenvalue weighted by atomic mass is 9.95. The molecule has 32 heavy (non-hydrogen) atoms. The molecule has 0 bridgehead atoms. The molecule has 1 saturated heterocycles. The minimum atomic E-state index is -0.301. The van der Waals surface area contributed by atoms with E-state index in [1.807, 2.05) is 19.1 Å². The number of hydrogen-bond acceptors (Lipinski definition) is 6. The highest BCUT2D eigenvalue weighted by Crippen LogP contribution is 2.34. The van der Waals surface area contributed by atoms with Crippen LogP contribution in [0.2, 0.25) is 0 Å². The van der Waals surface area contributed by atoms with Crippen molar-refractivity contribution in [2.24, 2.45) is 5.92 Å². The number of aromatic nitrogens is 1. The van der Waals surface area contributed by atoms with Crippen LogP contribution in [-0.2, 0) is 16.1 Å². The lowest BCUT2D eigenvalue weighted by Gasteiger charge is -2.35. The van der Waals surface area contributed by atoms with Crippen LogP contribution in [0, 0.1) is 5.92 Å². The summed E-state index contributed by atoms with van der Waals surface area (Å²) >= 11 is 0. The number of methoxy groups -OCH3 is 1. The van der Waals surface area contributed by atoms with Crippen molar-refractivity contribution in [1.82, 2.24) is 15.2 Å². The molecule has 1 aromatic heterocycles. The molecule has 2 atom stereocenters. The van der Waals surface area contributed by atoms with E-state index >= 15 is 0 Å². The molecule has 168 valence electrons. The highest BCUT2D eigenvalue weighted by molar-refractivity contribution is 6.23. The molecule has 0 radical (unpaired) electrons. The molecule has 8 heteroatoms. The number of imide groups is 1. The number of piperidine rings is 1. The first-order valence-electron chi connectivity index (χ1n) is 10.9. The first kappa shape index (κ1) is 22.0. The maximum Gasteiger partial charge on any atom is 0.263 e. The predicted molar refractivity (Wildman–Crippen MR) is 119 cm³/mol. The molecule has 1 N–H and O–H groups in total. The number of rotatable bonds is 7. The predicted octanol–water partition coefficient (Wildman–Crippen LogP) is 2.25. The number of pyridine rings is 1. The summed E-state index contributed by atoms with van der Waals surface area (Å²) in [6.07, 6.45) is 4.94. The zero-order chi connectivity index (χ0) is 22.7. The molecular weight excluding hydrogens is 408 g/mol. The van der Waals surface area contributed by atoms with Crippen LogP contribution in [-0.4, -0.2) is 60.5 Å². The second-order valence-electron chi connectivity index (χ2n) is 8.41. The van der Waals surface area contributed by atoms with Crippen molar-refractivity contribution < 1.29 is 19.1 Å². The Balaban J connectivity index is 1.54. The van der Waals surface area contributed by atoms with E-state index in [-0.39, 0.29) is 36.2 Å². The van der Waals surface area contributed by atoms with Crippen LogP contribution < -0.4 is 10.2 Å². The normalized spacial score (nSPS) is 19.1. The Labute approximate surface area is 187 Å². The van der Waals surface area contributed by atoms with E-state index in [0.29, 0.717) is 24.3 Å². The van der Waals surface area contributed by atoms with Gasteiger partial charge in [0, 0.05) is 38.6 Å². The van der Waals surface area contributed by atoms with Crippen LogP contribution in [0.1, 0.15) is 46.0 Å². The van der Waals surface area contributed by atoms with E-state index in [0.717, 1.165) is 30.6 Å². The van der Waals surface area contributed by atoms with E-state index in [2.05, 4.69) is 15.2 Å². The van der Waals surface area contributed by atoms with Crippen molar-refractivity contribution in [3.8, 4) is 0 Å². The lowest BCUT2D eigenvalue weighted by Crippen LogP contribution is -2.46. The van der Waals surface area contributed by atoms with Gasteiger partial charge in [0.25, 0.3) is 11.8 Å². The van der Waals surface area contributed by atoms with Crippen molar-refractivity contribution in [1.29, 1.82) is 0 Å². The van der Waals surface area contributed by atoms with Gasteiger partial charge >= 0.3 is 0 Å². The minimum Gasteiger partial charge on any atom is -0.383 e. The second kappa shape index (κ2) is 9.48. The highest BCUT2D eigenvalue weighted by atomic mass is 16.5. The fourth-order valence-electron chi connectivity index (χ4n) is 4.46. The average molecular weight is 437 g/mol. The van der Waals surface area contributed by atoms with Gasteiger partial charge in [-0.05, 0) is 43.5 Å². The molecular formula is C24H28N4O4. The zero-order valence-electron chi connectivity index (χ0n) is 18.4. The van der Waals surface area contributed by atoms with Crippen LogP contribution >= 0.6 is 0 Å². The van der Waals surface area contributed by atoms with Gasteiger partial charge in [-0.1, -0.05) is 12.1 Å². The Morgan fingerprint density at radius 2 is 2.09 bits per heavy atom. The van der Waals surface area contributed by atoms with E-state index in [1.54, 1.807) is 37.7 Å². The van der Waals surface area contributed by atoms with Gasteiger partial charge in [0.1, 0.15) is 0 Å². The average Bonchev–Trinajstić information content (AvgIpc) is 3.05. The monoisotopic (exact) mass is 436 g/mol. The first-order valence-corrected chi connectivity index (χ1v) is 10.9. The topological polar surface area (TPSA) is 91.8 Å². The number of carbonyl (C=O) groups excluding carboxylic acids is 3. The maximum atomic E-state index is 13.3. The fraction of sp³-hybridized carbons (Fsp3) is 0.417. The number of carbonyl (C=O) groups is 3. The van der Waals surface area contributed by atoms with Gasteiger partial charge in [0.05, 0.1) is 35.9 Å². The van der Waals surface area contributed by atoms with Crippen LogP contribution in [0.5, 0.6) is 0 Å². The van der Waals surface area contributed by atoms with E-state index in [9.17, 15) is 14.4 Å². The van der Waals surface area contributed by atoms with Crippen LogP contribution in [0.3, 0.4) is 0 Å². The minimum absolute atomic E-state index is 0.00701. The van der Waals surface area contributed by atoms with Crippen molar-refractivity contribution in [3.63, 3.8) is 0 Å². The molecule has 1 aromatic carbocycles. The standard InChI is InChI=1S/C24H28N4O4/c1-16(15-32-2)26-22(29)18-7-5-11-27(14-18)20-9-3-8-19-21(20)24(31)28(23(19)30)13-17-6-4-10-25-12-17/h3-4,6,8-10,12,16,18H,5,7,11,13-15H2,1-2H3,(H,26,29). The van der Waals surface area contributed by atoms with Crippen LogP contribution in [0.15, 0.2) is 42.7 Å². The number of amides is 3. The van der Waals surface area contributed by atoms with Crippen molar-refractivity contribution in [2.75, 3.05) is 31.7 Å². The summed E-state index contributed by atoms with van der Waals surface area (Å²) in [5, 5.41) is 3.00. The summed E-state index contributed by atoms with van der Waals surface area (Å²) in [7, 11) is 1.61. The third-order valence-electron chi connectivity index (χ3n) is 5.98. The molecule has 0 saturated carbocycles. The smallest absolute Gasteiger partial charge is 0.263 e. The second-order valence-corrected chi connectivity index (χ2v) is 8.41. The summed E-state index contributed by atoms with van der Waals surface area (Å²) in [6, 6.07) is 8.93. The zero-order valence-corrected chi connectivity index (χ0v) is 18.4. The molecule has 3 amide bonds. The van der Waals surface area contributed by atoms with Gasteiger partial charge in [-0.25, -0.2) is 0 Å². The summed E-state index contributed by atoms with van der Waals surface area (Å²) in [6.45, 7) is 3.79. The molecule has 1 fully saturated rings. The third-order valence-corrected chi connectivity index (χ3v) is 5.98. The maximum absolute atomic E-state index is 13.3. The molecule has 2 aliphatic heterocycles. The summed E-state index contributed by atoms with van der Waals surface area (Å²) in [5.74, 6) is -0.787. The number of benzene rings is 1. The van der Waals surface area contributed by atoms with Crippen molar-refractivity contribution in [3.05, 3.63) is 59.4 Å². The Morgan fingerprint density at radius 1 is 1.25 bits per heavy atom. The van der Waals surface area contributed by atoms with Gasteiger partial charge in [-0.3, -0.25) is 24.3 Å². The van der Waals surface area contributed by atoms with Crippen LogP contribution in [0.4, 0.5) is 5.69 Å². The molecule has 4 rings (SSSR count). The van der Waals surface area contributed by atoms with Gasteiger partial charge < -0.3 is 15.0 Å². The number of nitrogens with zero attached hydrogens (tertiary/aromatic N) is 3. The number of anilines is 1. The molecule has 0 aliphatic carbocycles. The fourth-order valence-corrected chi connectivity index (χ4v) is 4.46. The Morgan fingerprint density at radius 3 is 2.84 bits per heavy atom.